The fraction of sp³-hybridized carbons (Fsp3) is 0.368. The fourth-order valence-corrected chi connectivity index (χ4v) is 4.15. The van der Waals surface area contributed by atoms with Gasteiger partial charge in [-0.3, -0.25) is 10.1 Å². The highest BCUT2D eigenvalue weighted by Crippen LogP contribution is 2.18. The fourth-order valence-electron chi connectivity index (χ4n) is 3.04. The second kappa shape index (κ2) is 9.13. The van der Waals surface area contributed by atoms with Gasteiger partial charge in [0.2, 0.25) is 10.0 Å². The van der Waals surface area contributed by atoms with Gasteiger partial charge in [-0.2, -0.15) is 0 Å². The van der Waals surface area contributed by atoms with Crippen LogP contribution in [0.5, 0.6) is 0 Å². The molecule has 1 saturated heterocycles. The van der Waals surface area contributed by atoms with Gasteiger partial charge in [-0.1, -0.05) is 18.2 Å². The summed E-state index contributed by atoms with van der Waals surface area (Å²) in [5.41, 5.74) is 2.05. The third-order valence-electron chi connectivity index (χ3n) is 4.59. The van der Waals surface area contributed by atoms with E-state index in [0.29, 0.717) is 6.42 Å². The van der Waals surface area contributed by atoms with Crippen molar-refractivity contribution in [3.8, 4) is 0 Å². The normalized spacial score (nSPS) is 14.8. The number of aryl methyl sites for hydroxylation is 1. The van der Waals surface area contributed by atoms with Crippen LogP contribution in [0.4, 0.5) is 11.4 Å². The number of morpholine rings is 1. The van der Waals surface area contributed by atoms with Crippen molar-refractivity contribution in [1.82, 2.24) is 4.72 Å². The van der Waals surface area contributed by atoms with E-state index in [1.54, 1.807) is 0 Å². The number of rotatable bonds is 8. The summed E-state index contributed by atoms with van der Waals surface area (Å²) >= 11 is 0. The van der Waals surface area contributed by atoms with Crippen LogP contribution < -0.4 is 9.62 Å². The van der Waals surface area contributed by atoms with E-state index in [9.17, 15) is 18.5 Å². The van der Waals surface area contributed by atoms with Gasteiger partial charge in [0.15, 0.2) is 0 Å². The molecule has 9 heteroatoms. The number of hydrogen-bond acceptors (Lipinski definition) is 6. The lowest BCUT2D eigenvalue weighted by molar-refractivity contribution is -0.385. The van der Waals surface area contributed by atoms with Crippen molar-refractivity contribution >= 4 is 21.4 Å². The molecule has 1 aliphatic rings. The summed E-state index contributed by atoms with van der Waals surface area (Å²) in [6.45, 7) is 3.52. The summed E-state index contributed by atoms with van der Waals surface area (Å²) in [5.74, 6) is 0. The molecule has 1 aliphatic heterocycles. The average Bonchev–Trinajstić information content (AvgIpc) is 2.72. The molecule has 1 fully saturated rings. The van der Waals surface area contributed by atoms with Gasteiger partial charge >= 0.3 is 0 Å². The number of sulfonamides is 1. The monoisotopic (exact) mass is 405 g/mol. The third-order valence-corrected chi connectivity index (χ3v) is 6.04. The minimum absolute atomic E-state index is 0.100. The molecule has 3 rings (SSSR count). The van der Waals surface area contributed by atoms with Gasteiger partial charge in [0.25, 0.3) is 5.69 Å². The van der Waals surface area contributed by atoms with E-state index in [2.05, 4.69) is 33.9 Å². The van der Waals surface area contributed by atoms with Crippen LogP contribution >= 0.6 is 0 Å². The molecule has 0 spiro atoms. The van der Waals surface area contributed by atoms with Gasteiger partial charge in [0, 0.05) is 37.5 Å². The zero-order chi connectivity index (χ0) is 20.0. The number of non-ortho nitro benzene ring substituents is 1. The van der Waals surface area contributed by atoms with Crippen LogP contribution in [0, 0.1) is 10.1 Å². The smallest absolute Gasteiger partial charge is 0.270 e. The van der Waals surface area contributed by atoms with Crippen molar-refractivity contribution in [2.45, 2.75) is 17.7 Å². The Labute approximate surface area is 164 Å². The SMILES string of the molecule is O=[N+]([O-])c1cccc(S(=O)(=O)NCCCc2ccc(N3CCOCC3)cc2)c1. The van der Waals surface area contributed by atoms with Crippen molar-refractivity contribution in [1.29, 1.82) is 0 Å². The van der Waals surface area contributed by atoms with E-state index in [-0.39, 0.29) is 17.1 Å². The Hall–Kier alpha value is -2.49. The second-order valence-corrected chi connectivity index (χ2v) is 8.29. The minimum Gasteiger partial charge on any atom is -0.378 e. The van der Waals surface area contributed by atoms with Gasteiger partial charge in [-0.15, -0.1) is 0 Å². The Morgan fingerprint density at radius 1 is 1.11 bits per heavy atom. The molecule has 0 aromatic heterocycles. The predicted octanol–water partition coefficient (Wildman–Crippen LogP) is 2.34. The number of nitro benzene ring substituents is 1. The lowest BCUT2D eigenvalue weighted by atomic mass is 10.1. The second-order valence-electron chi connectivity index (χ2n) is 6.52. The van der Waals surface area contributed by atoms with E-state index in [1.165, 1.54) is 23.9 Å². The van der Waals surface area contributed by atoms with Gasteiger partial charge in [0.1, 0.15) is 0 Å². The summed E-state index contributed by atoms with van der Waals surface area (Å²) in [6, 6.07) is 13.3. The van der Waals surface area contributed by atoms with Gasteiger partial charge in [-0.25, -0.2) is 13.1 Å². The molecule has 2 aromatic rings. The van der Waals surface area contributed by atoms with Crippen LogP contribution in [0.3, 0.4) is 0 Å². The van der Waals surface area contributed by atoms with Crippen molar-refractivity contribution in [2.75, 3.05) is 37.7 Å². The Morgan fingerprint density at radius 3 is 2.50 bits per heavy atom. The lowest BCUT2D eigenvalue weighted by Crippen LogP contribution is -2.36. The highest BCUT2D eigenvalue weighted by atomic mass is 32.2. The van der Waals surface area contributed by atoms with Crippen molar-refractivity contribution < 1.29 is 18.1 Å². The maximum atomic E-state index is 12.3. The number of nitrogens with zero attached hydrogens (tertiary/aromatic N) is 2. The molecule has 0 atom stereocenters. The highest BCUT2D eigenvalue weighted by Gasteiger charge is 2.17. The minimum atomic E-state index is -3.76. The van der Waals surface area contributed by atoms with Gasteiger partial charge < -0.3 is 9.64 Å². The number of nitrogens with one attached hydrogen (secondary N) is 1. The molecule has 1 heterocycles. The number of ether oxygens (including phenoxy) is 1. The van der Waals surface area contributed by atoms with Gasteiger partial charge in [-0.05, 0) is 36.6 Å². The molecule has 150 valence electrons. The Balaban J connectivity index is 1.49. The molecule has 1 N–H and O–H groups in total. The number of anilines is 1. The Kier molecular flexibility index (Phi) is 6.61. The van der Waals surface area contributed by atoms with Crippen molar-refractivity contribution in [3.05, 3.63) is 64.2 Å². The van der Waals surface area contributed by atoms with E-state index < -0.39 is 14.9 Å². The molecule has 8 nitrogen and oxygen atoms in total. The van der Waals surface area contributed by atoms with Crippen LogP contribution in [-0.4, -0.2) is 46.2 Å². The maximum absolute atomic E-state index is 12.3. The maximum Gasteiger partial charge on any atom is 0.270 e. The van der Waals surface area contributed by atoms with Crippen molar-refractivity contribution in [3.63, 3.8) is 0 Å². The van der Waals surface area contributed by atoms with E-state index in [4.69, 9.17) is 4.74 Å². The van der Waals surface area contributed by atoms with E-state index >= 15 is 0 Å². The molecule has 0 radical (unpaired) electrons. The molecule has 0 saturated carbocycles. The number of nitro groups is 1. The zero-order valence-electron chi connectivity index (χ0n) is 15.4. The molecule has 2 aromatic carbocycles. The summed E-state index contributed by atoms with van der Waals surface area (Å²) in [4.78, 5) is 12.4. The molecule has 0 unspecified atom stereocenters. The third kappa shape index (κ3) is 5.28. The average molecular weight is 405 g/mol. The van der Waals surface area contributed by atoms with Crippen LogP contribution in [0.25, 0.3) is 0 Å². The highest BCUT2D eigenvalue weighted by molar-refractivity contribution is 7.89. The molecule has 0 aliphatic carbocycles. The van der Waals surface area contributed by atoms with Crippen LogP contribution in [0.15, 0.2) is 53.4 Å². The predicted molar refractivity (Wildman–Crippen MR) is 106 cm³/mol. The quantitative estimate of drug-likeness (QED) is 0.411. The topological polar surface area (TPSA) is 102 Å². The van der Waals surface area contributed by atoms with E-state index in [0.717, 1.165) is 44.4 Å². The molecule has 28 heavy (non-hydrogen) atoms. The molecule has 0 bridgehead atoms. The Morgan fingerprint density at radius 2 is 1.82 bits per heavy atom. The largest absolute Gasteiger partial charge is 0.378 e. The van der Waals surface area contributed by atoms with Crippen molar-refractivity contribution in [2.24, 2.45) is 0 Å². The van der Waals surface area contributed by atoms with Crippen LogP contribution in [0.1, 0.15) is 12.0 Å². The number of hydrogen-bond donors (Lipinski definition) is 1. The van der Waals surface area contributed by atoms with E-state index in [1.807, 2.05) is 0 Å². The lowest BCUT2D eigenvalue weighted by Gasteiger charge is -2.28. The first-order chi connectivity index (χ1) is 13.5. The number of benzene rings is 2. The van der Waals surface area contributed by atoms with Crippen LogP contribution in [-0.2, 0) is 21.2 Å². The zero-order valence-corrected chi connectivity index (χ0v) is 16.2. The molecular formula is C19H23N3O5S. The standard InChI is InChI=1S/C19H23N3O5S/c23-22(24)18-4-1-5-19(15-18)28(25,26)20-10-2-3-16-6-8-17(9-7-16)21-11-13-27-14-12-21/h1,4-9,15,20H,2-3,10-14H2. The first kappa shape index (κ1) is 20.2. The van der Waals surface area contributed by atoms with Gasteiger partial charge in [0.05, 0.1) is 23.0 Å². The first-order valence-electron chi connectivity index (χ1n) is 9.11. The summed E-state index contributed by atoms with van der Waals surface area (Å²) in [7, 11) is -3.76. The summed E-state index contributed by atoms with van der Waals surface area (Å²) in [5, 5.41) is 10.8. The summed E-state index contributed by atoms with van der Waals surface area (Å²) in [6.07, 6.45) is 1.37. The molecular weight excluding hydrogens is 382 g/mol. The Bertz CT molecular complexity index is 909. The van der Waals surface area contributed by atoms with Crippen LogP contribution in [0.2, 0.25) is 0 Å². The summed E-state index contributed by atoms with van der Waals surface area (Å²) < 4.78 is 32.4. The first-order valence-corrected chi connectivity index (χ1v) is 10.6. The molecule has 0 amide bonds.